The van der Waals surface area contributed by atoms with E-state index in [4.69, 9.17) is 4.74 Å². The van der Waals surface area contributed by atoms with Crippen molar-refractivity contribution in [2.75, 3.05) is 19.6 Å². The number of piperidine rings is 3. The van der Waals surface area contributed by atoms with Gasteiger partial charge in [0, 0.05) is 17.1 Å². The van der Waals surface area contributed by atoms with Gasteiger partial charge in [-0.1, -0.05) is 22.0 Å². The van der Waals surface area contributed by atoms with Crippen molar-refractivity contribution < 1.29 is 9.53 Å². The van der Waals surface area contributed by atoms with Gasteiger partial charge in [0.2, 0.25) is 0 Å². The summed E-state index contributed by atoms with van der Waals surface area (Å²) >= 11 is 3.40. The van der Waals surface area contributed by atoms with Crippen LogP contribution in [0.3, 0.4) is 0 Å². The number of nitrogens with one attached hydrogen (secondary N) is 1. The highest BCUT2D eigenvalue weighted by Gasteiger charge is 2.35. The molecule has 3 aliphatic rings. The molecule has 1 aromatic rings. The number of rotatable bonds is 4. The molecular weight excluding hydrogens is 332 g/mol. The first-order valence-electron chi connectivity index (χ1n) is 7.57. The minimum atomic E-state index is -0.477. The van der Waals surface area contributed by atoms with E-state index < -0.39 is 6.10 Å². The Hall–Kier alpha value is -1.07. The van der Waals surface area contributed by atoms with Gasteiger partial charge in [-0.3, -0.25) is 4.79 Å². The summed E-state index contributed by atoms with van der Waals surface area (Å²) in [6.07, 6.45) is 1.92. The number of nitrogens with zero attached hydrogens (tertiary/aromatic N) is 1. The van der Waals surface area contributed by atoms with Gasteiger partial charge in [0.05, 0.1) is 0 Å². The number of hydrogen-bond acceptors (Lipinski definition) is 3. The summed E-state index contributed by atoms with van der Waals surface area (Å²) in [6, 6.07) is 7.86. The smallest absolute Gasteiger partial charge is 0.261 e. The molecule has 3 fully saturated rings. The number of carbonyl (C=O) groups excluding carboxylic acids is 1. The second-order valence-corrected chi connectivity index (χ2v) is 6.89. The van der Waals surface area contributed by atoms with Gasteiger partial charge in [-0.25, -0.2) is 0 Å². The molecule has 2 bridgehead atoms. The molecule has 3 saturated heterocycles. The average molecular weight is 353 g/mol. The van der Waals surface area contributed by atoms with Crippen LogP contribution in [0.15, 0.2) is 28.7 Å². The highest BCUT2D eigenvalue weighted by molar-refractivity contribution is 9.10. The molecule has 114 valence electrons. The highest BCUT2D eigenvalue weighted by atomic mass is 79.9. The lowest BCUT2D eigenvalue weighted by Gasteiger charge is -2.45. The summed E-state index contributed by atoms with van der Waals surface area (Å²) in [7, 11) is 0. The molecule has 5 heteroatoms. The van der Waals surface area contributed by atoms with Crippen LogP contribution in [-0.2, 0) is 4.79 Å². The van der Waals surface area contributed by atoms with E-state index in [-0.39, 0.29) is 11.9 Å². The van der Waals surface area contributed by atoms with Crippen LogP contribution in [-0.4, -0.2) is 42.6 Å². The van der Waals surface area contributed by atoms with Crippen LogP contribution in [0.2, 0.25) is 0 Å². The van der Waals surface area contributed by atoms with Crippen molar-refractivity contribution in [2.45, 2.75) is 31.9 Å². The number of fused-ring (bicyclic) bond motifs is 3. The quantitative estimate of drug-likeness (QED) is 0.904. The molecule has 1 amide bonds. The second-order valence-electron chi connectivity index (χ2n) is 5.97. The summed E-state index contributed by atoms with van der Waals surface area (Å²) in [6.45, 7) is 5.15. The van der Waals surface area contributed by atoms with E-state index in [0.29, 0.717) is 11.7 Å². The Kier molecular flexibility index (Phi) is 4.50. The van der Waals surface area contributed by atoms with Crippen LogP contribution in [0.25, 0.3) is 0 Å². The first-order valence-corrected chi connectivity index (χ1v) is 8.36. The summed E-state index contributed by atoms with van der Waals surface area (Å²) < 4.78 is 6.67. The molecule has 0 saturated carbocycles. The Morgan fingerprint density at radius 1 is 1.43 bits per heavy atom. The lowest BCUT2D eigenvalue weighted by molar-refractivity contribution is -0.129. The molecule has 4 nitrogen and oxygen atoms in total. The molecule has 1 aromatic carbocycles. The van der Waals surface area contributed by atoms with Crippen molar-refractivity contribution in [3.05, 3.63) is 28.7 Å². The summed E-state index contributed by atoms with van der Waals surface area (Å²) in [5.41, 5.74) is 0. The van der Waals surface area contributed by atoms with Crippen LogP contribution in [0.5, 0.6) is 5.75 Å². The molecule has 3 aliphatic heterocycles. The van der Waals surface area contributed by atoms with Crippen molar-refractivity contribution >= 4 is 21.8 Å². The van der Waals surface area contributed by atoms with Crippen molar-refractivity contribution in [2.24, 2.45) is 5.92 Å². The minimum Gasteiger partial charge on any atom is -0.481 e. The Morgan fingerprint density at radius 2 is 2.19 bits per heavy atom. The van der Waals surface area contributed by atoms with E-state index in [1.165, 1.54) is 25.9 Å². The molecular formula is C16H21BrN2O2. The van der Waals surface area contributed by atoms with E-state index in [2.05, 4.69) is 26.1 Å². The fourth-order valence-corrected chi connectivity index (χ4v) is 3.60. The Balaban J connectivity index is 1.55. The number of amides is 1. The number of ether oxygens (including phenoxy) is 1. The Bertz CT molecular complexity index is 515. The largest absolute Gasteiger partial charge is 0.481 e. The molecule has 3 heterocycles. The number of hydrogen-bond donors (Lipinski definition) is 1. The zero-order valence-electron chi connectivity index (χ0n) is 12.2. The van der Waals surface area contributed by atoms with Gasteiger partial charge in [-0.15, -0.1) is 0 Å². The lowest BCUT2D eigenvalue weighted by Crippen LogP contribution is -2.58. The molecule has 0 radical (unpaired) electrons. The van der Waals surface area contributed by atoms with Crippen LogP contribution in [0.4, 0.5) is 0 Å². The van der Waals surface area contributed by atoms with Gasteiger partial charge in [0.1, 0.15) is 5.75 Å². The first-order chi connectivity index (χ1) is 10.1. The predicted molar refractivity (Wildman–Crippen MR) is 85.3 cm³/mol. The van der Waals surface area contributed by atoms with Crippen LogP contribution < -0.4 is 10.1 Å². The third kappa shape index (κ3) is 3.58. The Morgan fingerprint density at radius 3 is 2.81 bits per heavy atom. The van der Waals surface area contributed by atoms with Crippen LogP contribution in [0.1, 0.15) is 19.8 Å². The van der Waals surface area contributed by atoms with Gasteiger partial charge in [-0.05, 0) is 57.0 Å². The van der Waals surface area contributed by atoms with Crippen molar-refractivity contribution in [1.29, 1.82) is 0 Å². The third-order valence-corrected chi connectivity index (χ3v) is 4.96. The lowest BCUT2D eigenvalue weighted by atomic mass is 9.84. The molecule has 1 N–H and O–H groups in total. The molecule has 2 unspecified atom stereocenters. The van der Waals surface area contributed by atoms with E-state index in [9.17, 15) is 4.79 Å². The van der Waals surface area contributed by atoms with Gasteiger partial charge in [-0.2, -0.15) is 0 Å². The van der Waals surface area contributed by atoms with Crippen molar-refractivity contribution in [1.82, 2.24) is 10.2 Å². The maximum Gasteiger partial charge on any atom is 0.261 e. The monoisotopic (exact) mass is 352 g/mol. The minimum absolute atomic E-state index is 0.0197. The zero-order valence-corrected chi connectivity index (χ0v) is 13.8. The van der Waals surface area contributed by atoms with E-state index in [0.717, 1.165) is 11.0 Å². The van der Waals surface area contributed by atoms with E-state index in [1.54, 1.807) is 6.92 Å². The summed E-state index contributed by atoms with van der Waals surface area (Å²) in [5, 5.41) is 3.17. The third-order valence-electron chi connectivity index (χ3n) is 4.46. The van der Waals surface area contributed by atoms with Crippen LogP contribution >= 0.6 is 15.9 Å². The maximum absolute atomic E-state index is 12.3. The number of benzene rings is 1. The van der Waals surface area contributed by atoms with Crippen molar-refractivity contribution in [3.8, 4) is 5.75 Å². The zero-order chi connectivity index (χ0) is 14.8. The Labute approximate surface area is 134 Å². The SMILES string of the molecule is CC(Oc1cccc(Br)c1)C(=O)NC1CN2CCC1CC2. The average Bonchev–Trinajstić information content (AvgIpc) is 2.48. The van der Waals surface area contributed by atoms with Gasteiger partial charge in [0.15, 0.2) is 6.10 Å². The standard InChI is InChI=1S/C16H21BrN2O2/c1-11(21-14-4-2-3-13(17)9-14)16(20)18-15-10-19-7-5-12(15)6-8-19/h2-4,9,11-12,15H,5-8,10H2,1H3,(H,18,20). The molecule has 21 heavy (non-hydrogen) atoms. The van der Waals surface area contributed by atoms with Gasteiger partial charge in [0.25, 0.3) is 5.91 Å². The molecule has 2 atom stereocenters. The number of carbonyl (C=O) groups is 1. The van der Waals surface area contributed by atoms with Crippen molar-refractivity contribution in [3.63, 3.8) is 0 Å². The molecule has 0 spiro atoms. The molecule has 0 aromatic heterocycles. The molecule has 0 aliphatic carbocycles. The van der Waals surface area contributed by atoms with Gasteiger partial charge < -0.3 is 15.0 Å². The fraction of sp³-hybridized carbons (Fsp3) is 0.562. The van der Waals surface area contributed by atoms with Gasteiger partial charge >= 0.3 is 0 Å². The second kappa shape index (κ2) is 6.36. The molecule has 4 rings (SSSR count). The fourth-order valence-electron chi connectivity index (χ4n) is 3.23. The topological polar surface area (TPSA) is 41.6 Å². The maximum atomic E-state index is 12.3. The summed E-state index contributed by atoms with van der Waals surface area (Å²) in [4.78, 5) is 14.7. The summed E-state index contributed by atoms with van der Waals surface area (Å²) in [5.74, 6) is 1.33. The van der Waals surface area contributed by atoms with E-state index in [1.807, 2.05) is 24.3 Å². The first kappa shape index (κ1) is 14.9. The predicted octanol–water partition coefficient (Wildman–Crippen LogP) is 2.43. The normalized spacial score (nSPS) is 29.0. The number of halogens is 1. The van der Waals surface area contributed by atoms with E-state index >= 15 is 0 Å². The highest BCUT2D eigenvalue weighted by Crippen LogP contribution is 2.27. The van der Waals surface area contributed by atoms with Crippen LogP contribution in [0, 0.1) is 5.92 Å².